The minimum Gasteiger partial charge on any atom is -0.481 e. The van der Waals surface area contributed by atoms with Crippen LogP contribution in [0.15, 0.2) is 24.3 Å². The molecule has 1 aromatic rings. The lowest BCUT2D eigenvalue weighted by molar-refractivity contribution is -0.142. The van der Waals surface area contributed by atoms with Crippen LogP contribution in [0.1, 0.15) is 30.4 Å². The molecule has 2 rings (SSSR count). The lowest BCUT2D eigenvalue weighted by Crippen LogP contribution is -2.35. The molecule has 1 fully saturated rings. The summed E-state index contributed by atoms with van der Waals surface area (Å²) in [5.74, 6) is -0.871. The van der Waals surface area contributed by atoms with Gasteiger partial charge in [-0.1, -0.05) is 36.2 Å². The lowest BCUT2D eigenvalue weighted by atomic mass is 10.0. The van der Waals surface area contributed by atoms with E-state index in [1.54, 1.807) is 0 Å². The summed E-state index contributed by atoms with van der Waals surface area (Å²) in [6.45, 7) is 2.83. The van der Waals surface area contributed by atoms with Crippen LogP contribution in [0.2, 0.25) is 0 Å². The molecule has 1 saturated carbocycles. The zero-order chi connectivity index (χ0) is 12.3. The molecule has 1 aromatic carbocycles. The Kier molecular flexibility index (Phi) is 3.79. The molecule has 0 saturated heterocycles. The molecule has 0 spiro atoms. The largest absolute Gasteiger partial charge is 0.481 e. The molecule has 0 aromatic heterocycles. The fourth-order valence-electron chi connectivity index (χ4n) is 2.57. The van der Waals surface area contributed by atoms with Gasteiger partial charge in [0.25, 0.3) is 0 Å². The van der Waals surface area contributed by atoms with E-state index in [4.69, 9.17) is 5.11 Å². The second-order valence-electron chi connectivity index (χ2n) is 4.85. The van der Waals surface area contributed by atoms with E-state index in [0.717, 1.165) is 25.8 Å². The molecule has 0 bridgehead atoms. The Labute approximate surface area is 102 Å². The topological polar surface area (TPSA) is 49.3 Å². The van der Waals surface area contributed by atoms with Gasteiger partial charge < -0.3 is 10.4 Å². The number of aliphatic carboxylic acids is 1. The number of aryl methyl sites for hydroxylation is 1. The molecule has 0 aliphatic heterocycles. The van der Waals surface area contributed by atoms with E-state index in [1.165, 1.54) is 11.1 Å². The van der Waals surface area contributed by atoms with Crippen molar-refractivity contribution < 1.29 is 9.90 Å². The van der Waals surface area contributed by atoms with Crippen LogP contribution in [0.4, 0.5) is 0 Å². The highest BCUT2D eigenvalue weighted by atomic mass is 16.4. The Morgan fingerprint density at radius 1 is 1.47 bits per heavy atom. The highest BCUT2D eigenvalue weighted by Crippen LogP contribution is 2.26. The van der Waals surface area contributed by atoms with Crippen molar-refractivity contribution in [3.63, 3.8) is 0 Å². The van der Waals surface area contributed by atoms with Crippen LogP contribution in [-0.4, -0.2) is 17.1 Å². The minimum absolute atomic E-state index is 0.132. The molecule has 1 aliphatic rings. The maximum Gasteiger partial charge on any atom is 0.308 e. The highest BCUT2D eigenvalue weighted by molar-refractivity contribution is 5.71. The molecular formula is C14H19NO2. The van der Waals surface area contributed by atoms with Crippen LogP contribution in [0.5, 0.6) is 0 Å². The van der Waals surface area contributed by atoms with Crippen molar-refractivity contribution in [2.45, 2.75) is 38.8 Å². The second-order valence-corrected chi connectivity index (χ2v) is 4.85. The molecule has 17 heavy (non-hydrogen) atoms. The Hall–Kier alpha value is -1.35. The third-order valence-electron chi connectivity index (χ3n) is 3.48. The summed E-state index contributed by atoms with van der Waals surface area (Å²) in [6, 6.07) is 8.45. The molecule has 0 heterocycles. The van der Waals surface area contributed by atoms with Gasteiger partial charge in [-0.15, -0.1) is 0 Å². The number of hydrogen-bond acceptors (Lipinski definition) is 2. The van der Waals surface area contributed by atoms with Crippen LogP contribution in [0, 0.1) is 12.8 Å². The predicted molar refractivity (Wildman–Crippen MR) is 66.8 cm³/mol. The van der Waals surface area contributed by atoms with Gasteiger partial charge in [0.1, 0.15) is 0 Å². The fourth-order valence-corrected chi connectivity index (χ4v) is 2.57. The van der Waals surface area contributed by atoms with E-state index in [2.05, 4.69) is 30.4 Å². The first kappa shape index (κ1) is 12.1. The smallest absolute Gasteiger partial charge is 0.308 e. The minimum atomic E-state index is -0.663. The zero-order valence-electron chi connectivity index (χ0n) is 10.1. The number of rotatable bonds is 4. The van der Waals surface area contributed by atoms with Crippen molar-refractivity contribution in [2.75, 3.05) is 0 Å². The van der Waals surface area contributed by atoms with Crippen molar-refractivity contribution >= 4 is 5.97 Å². The number of carboxylic acids is 1. The van der Waals surface area contributed by atoms with E-state index in [1.807, 2.05) is 6.07 Å². The number of hydrogen-bond donors (Lipinski definition) is 2. The molecule has 0 radical (unpaired) electrons. The Bertz CT molecular complexity index is 403. The molecule has 1 aliphatic carbocycles. The second kappa shape index (κ2) is 5.32. The Balaban J connectivity index is 1.91. The van der Waals surface area contributed by atoms with Crippen LogP contribution in [0.3, 0.4) is 0 Å². The lowest BCUT2D eigenvalue weighted by Gasteiger charge is -2.17. The zero-order valence-corrected chi connectivity index (χ0v) is 10.1. The molecule has 0 unspecified atom stereocenters. The van der Waals surface area contributed by atoms with E-state index in [0.29, 0.717) is 0 Å². The fraction of sp³-hybridized carbons (Fsp3) is 0.500. The van der Waals surface area contributed by atoms with Crippen LogP contribution in [-0.2, 0) is 11.3 Å². The van der Waals surface area contributed by atoms with Gasteiger partial charge in [-0.3, -0.25) is 4.79 Å². The van der Waals surface area contributed by atoms with Crippen molar-refractivity contribution in [3.05, 3.63) is 35.4 Å². The van der Waals surface area contributed by atoms with Crippen LogP contribution >= 0.6 is 0 Å². The first-order chi connectivity index (χ1) is 8.16. The monoisotopic (exact) mass is 233 g/mol. The molecule has 2 atom stereocenters. The highest BCUT2D eigenvalue weighted by Gasteiger charge is 2.32. The summed E-state index contributed by atoms with van der Waals surface area (Å²) in [6.07, 6.45) is 2.80. The maximum absolute atomic E-state index is 11.0. The first-order valence-corrected chi connectivity index (χ1v) is 6.18. The van der Waals surface area contributed by atoms with Gasteiger partial charge in [0, 0.05) is 12.6 Å². The Morgan fingerprint density at radius 2 is 2.29 bits per heavy atom. The van der Waals surface area contributed by atoms with Gasteiger partial charge in [0.2, 0.25) is 0 Å². The molecule has 92 valence electrons. The first-order valence-electron chi connectivity index (χ1n) is 6.18. The van der Waals surface area contributed by atoms with Crippen LogP contribution in [0.25, 0.3) is 0 Å². The standard InChI is InChI=1S/C14H19NO2/c1-10-4-2-5-11(8-10)9-15-13-7-3-6-12(13)14(16)17/h2,4-5,8,12-13,15H,3,6-7,9H2,1H3,(H,16,17)/t12-,13+/m1/s1. The van der Waals surface area contributed by atoms with Gasteiger partial charge in [-0.25, -0.2) is 0 Å². The quantitative estimate of drug-likeness (QED) is 0.839. The third kappa shape index (κ3) is 3.07. The van der Waals surface area contributed by atoms with E-state index >= 15 is 0 Å². The summed E-state index contributed by atoms with van der Waals surface area (Å²) in [7, 11) is 0. The van der Waals surface area contributed by atoms with Crippen molar-refractivity contribution in [1.29, 1.82) is 0 Å². The number of carbonyl (C=O) groups is 1. The SMILES string of the molecule is Cc1cccc(CN[C@H]2CCC[C@H]2C(=O)O)c1. The number of benzene rings is 1. The molecule has 0 amide bonds. The van der Waals surface area contributed by atoms with E-state index in [-0.39, 0.29) is 12.0 Å². The third-order valence-corrected chi connectivity index (χ3v) is 3.48. The maximum atomic E-state index is 11.0. The van der Waals surface area contributed by atoms with Crippen molar-refractivity contribution in [1.82, 2.24) is 5.32 Å². The van der Waals surface area contributed by atoms with Crippen LogP contribution < -0.4 is 5.32 Å². The summed E-state index contributed by atoms with van der Waals surface area (Å²) in [4.78, 5) is 11.0. The van der Waals surface area contributed by atoms with Gasteiger partial charge in [0.15, 0.2) is 0 Å². The van der Waals surface area contributed by atoms with Gasteiger partial charge in [-0.2, -0.15) is 0 Å². The predicted octanol–water partition coefficient (Wildman–Crippen LogP) is 2.34. The number of carboxylic acid groups (broad SMARTS) is 1. The van der Waals surface area contributed by atoms with Gasteiger partial charge in [-0.05, 0) is 25.3 Å². The van der Waals surface area contributed by atoms with E-state index < -0.39 is 5.97 Å². The summed E-state index contributed by atoms with van der Waals surface area (Å²) in [5.41, 5.74) is 2.46. The molecule has 3 nitrogen and oxygen atoms in total. The van der Waals surface area contributed by atoms with Crippen molar-refractivity contribution in [2.24, 2.45) is 5.92 Å². The number of nitrogens with one attached hydrogen (secondary N) is 1. The van der Waals surface area contributed by atoms with Gasteiger partial charge >= 0.3 is 5.97 Å². The molecular weight excluding hydrogens is 214 g/mol. The summed E-state index contributed by atoms with van der Waals surface area (Å²) < 4.78 is 0. The molecule has 3 heteroatoms. The average Bonchev–Trinajstić information content (AvgIpc) is 2.74. The molecule has 2 N–H and O–H groups in total. The normalized spacial score (nSPS) is 23.8. The Morgan fingerprint density at radius 3 is 3.00 bits per heavy atom. The van der Waals surface area contributed by atoms with Crippen molar-refractivity contribution in [3.8, 4) is 0 Å². The summed E-state index contributed by atoms with van der Waals surface area (Å²) in [5, 5.41) is 12.5. The summed E-state index contributed by atoms with van der Waals surface area (Å²) >= 11 is 0. The van der Waals surface area contributed by atoms with E-state index in [9.17, 15) is 4.79 Å². The average molecular weight is 233 g/mol. The van der Waals surface area contributed by atoms with Gasteiger partial charge in [0.05, 0.1) is 5.92 Å².